The van der Waals surface area contributed by atoms with Gasteiger partial charge in [0.15, 0.2) is 0 Å². The van der Waals surface area contributed by atoms with Crippen molar-refractivity contribution < 1.29 is 14.2 Å². The van der Waals surface area contributed by atoms with E-state index < -0.39 is 5.60 Å². The minimum absolute atomic E-state index is 0.275. The van der Waals surface area contributed by atoms with E-state index >= 15 is 0 Å². The first-order valence-corrected chi connectivity index (χ1v) is 5.69. The summed E-state index contributed by atoms with van der Waals surface area (Å²) >= 11 is 3.21. The molecule has 0 unspecified atom stereocenters. The summed E-state index contributed by atoms with van der Waals surface area (Å²) in [5, 5.41) is 9.80. The van der Waals surface area contributed by atoms with Crippen LogP contribution in [0.1, 0.15) is 19.3 Å². The maximum absolute atomic E-state index is 12.8. The minimum Gasteiger partial charge on any atom is -0.489 e. The summed E-state index contributed by atoms with van der Waals surface area (Å²) < 4.78 is 18.8. The molecule has 2 nitrogen and oxygen atoms in total. The first-order valence-electron chi connectivity index (χ1n) is 4.89. The van der Waals surface area contributed by atoms with Crippen LogP contribution in [0, 0.1) is 5.82 Å². The van der Waals surface area contributed by atoms with Crippen molar-refractivity contribution in [3.05, 3.63) is 28.5 Å². The summed E-state index contributed by atoms with van der Waals surface area (Å²) in [4.78, 5) is 0. The van der Waals surface area contributed by atoms with Crippen molar-refractivity contribution >= 4 is 15.9 Å². The molecule has 0 radical (unpaired) electrons. The highest BCUT2D eigenvalue weighted by Crippen LogP contribution is 2.33. The van der Waals surface area contributed by atoms with Crippen molar-refractivity contribution in [1.29, 1.82) is 0 Å². The van der Waals surface area contributed by atoms with Crippen LogP contribution >= 0.6 is 15.9 Å². The Morgan fingerprint density at radius 1 is 1.47 bits per heavy atom. The Labute approximate surface area is 96.2 Å². The van der Waals surface area contributed by atoms with E-state index in [1.54, 1.807) is 6.07 Å². The van der Waals surface area contributed by atoms with Gasteiger partial charge >= 0.3 is 0 Å². The summed E-state index contributed by atoms with van der Waals surface area (Å²) in [6.45, 7) is 0.275. The second-order valence-electron chi connectivity index (χ2n) is 3.94. The van der Waals surface area contributed by atoms with Crippen molar-refractivity contribution in [2.24, 2.45) is 0 Å². The largest absolute Gasteiger partial charge is 0.489 e. The highest BCUT2D eigenvalue weighted by molar-refractivity contribution is 9.10. The number of halogens is 2. The van der Waals surface area contributed by atoms with Crippen molar-refractivity contribution in [2.45, 2.75) is 24.9 Å². The van der Waals surface area contributed by atoms with E-state index in [1.165, 1.54) is 12.1 Å². The summed E-state index contributed by atoms with van der Waals surface area (Å²) in [5.41, 5.74) is -0.673. The van der Waals surface area contributed by atoms with Crippen LogP contribution in [0.5, 0.6) is 5.75 Å². The molecule has 82 valence electrons. The van der Waals surface area contributed by atoms with E-state index in [0.29, 0.717) is 10.2 Å². The van der Waals surface area contributed by atoms with Crippen LogP contribution in [0.4, 0.5) is 4.39 Å². The van der Waals surface area contributed by atoms with Gasteiger partial charge in [0.2, 0.25) is 0 Å². The van der Waals surface area contributed by atoms with Gasteiger partial charge in [-0.3, -0.25) is 0 Å². The molecule has 0 atom stereocenters. The molecular weight excluding hydrogens is 263 g/mol. The summed E-state index contributed by atoms with van der Waals surface area (Å²) in [5.74, 6) is 0.258. The van der Waals surface area contributed by atoms with Crippen LogP contribution in [-0.2, 0) is 0 Å². The lowest BCUT2D eigenvalue weighted by atomic mass is 9.81. The van der Waals surface area contributed by atoms with Gasteiger partial charge in [-0.25, -0.2) is 4.39 Å². The van der Waals surface area contributed by atoms with E-state index in [2.05, 4.69) is 15.9 Å². The van der Waals surface area contributed by atoms with Gasteiger partial charge in [-0.2, -0.15) is 0 Å². The van der Waals surface area contributed by atoms with Crippen LogP contribution in [0.2, 0.25) is 0 Å². The number of benzene rings is 1. The van der Waals surface area contributed by atoms with E-state index in [-0.39, 0.29) is 12.4 Å². The molecule has 1 saturated carbocycles. The third-order valence-corrected chi connectivity index (χ3v) is 3.29. The fourth-order valence-corrected chi connectivity index (χ4v) is 2.00. The van der Waals surface area contributed by atoms with E-state index in [4.69, 9.17) is 4.74 Å². The highest BCUT2D eigenvalue weighted by Gasteiger charge is 2.35. The third-order valence-electron chi connectivity index (χ3n) is 2.67. The first-order chi connectivity index (χ1) is 7.09. The Morgan fingerprint density at radius 2 is 2.20 bits per heavy atom. The van der Waals surface area contributed by atoms with Gasteiger partial charge in [0.25, 0.3) is 0 Å². The first kappa shape index (κ1) is 10.9. The second kappa shape index (κ2) is 4.10. The molecule has 1 aromatic carbocycles. The quantitative estimate of drug-likeness (QED) is 0.919. The monoisotopic (exact) mass is 274 g/mol. The number of rotatable bonds is 3. The van der Waals surface area contributed by atoms with Crippen molar-refractivity contribution in [3.8, 4) is 5.75 Å². The summed E-state index contributed by atoms with van der Waals surface area (Å²) in [6, 6.07) is 4.24. The Hall–Kier alpha value is -0.610. The van der Waals surface area contributed by atoms with Crippen molar-refractivity contribution in [1.82, 2.24) is 0 Å². The van der Waals surface area contributed by atoms with Gasteiger partial charge in [0.05, 0.1) is 10.1 Å². The molecule has 1 aromatic rings. The van der Waals surface area contributed by atoms with Gasteiger partial charge in [-0.15, -0.1) is 0 Å². The van der Waals surface area contributed by atoms with E-state index in [1.807, 2.05) is 0 Å². The van der Waals surface area contributed by atoms with Gasteiger partial charge in [0, 0.05) is 0 Å². The molecule has 1 aliphatic rings. The van der Waals surface area contributed by atoms with Crippen LogP contribution in [0.3, 0.4) is 0 Å². The standard InChI is InChI=1S/C11H12BrFO2/c12-9-6-8(13)2-3-10(9)15-7-11(14)4-1-5-11/h2-3,6,14H,1,4-5,7H2. The SMILES string of the molecule is OC1(COc2ccc(F)cc2Br)CCC1. The van der Waals surface area contributed by atoms with Crippen LogP contribution in [0.25, 0.3) is 0 Å². The second-order valence-corrected chi connectivity index (χ2v) is 4.80. The lowest BCUT2D eigenvalue weighted by molar-refractivity contribution is -0.0665. The molecule has 2 rings (SSSR count). The number of hydrogen-bond acceptors (Lipinski definition) is 2. The fraction of sp³-hybridized carbons (Fsp3) is 0.455. The molecule has 1 aliphatic carbocycles. The van der Waals surface area contributed by atoms with E-state index in [9.17, 15) is 9.50 Å². The minimum atomic E-state index is -0.673. The smallest absolute Gasteiger partial charge is 0.133 e. The molecule has 1 fully saturated rings. The molecule has 15 heavy (non-hydrogen) atoms. The zero-order valence-electron chi connectivity index (χ0n) is 8.17. The lowest BCUT2D eigenvalue weighted by Gasteiger charge is -2.36. The molecule has 0 bridgehead atoms. The Kier molecular flexibility index (Phi) is 2.98. The third kappa shape index (κ3) is 2.49. The van der Waals surface area contributed by atoms with Crippen LogP contribution in [0.15, 0.2) is 22.7 Å². The Bertz CT molecular complexity index is 364. The summed E-state index contributed by atoms with van der Waals surface area (Å²) in [7, 11) is 0. The number of ether oxygens (including phenoxy) is 1. The van der Waals surface area contributed by atoms with Gasteiger partial charge in [0.1, 0.15) is 18.2 Å². The van der Waals surface area contributed by atoms with Crippen LogP contribution < -0.4 is 4.74 Å². The predicted molar refractivity (Wildman–Crippen MR) is 58.4 cm³/mol. The molecule has 0 amide bonds. The molecule has 0 spiro atoms. The molecular formula is C11H12BrFO2. The molecule has 4 heteroatoms. The average molecular weight is 275 g/mol. The molecule has 1 N–H and O–H groups in total. The molecule has 0 saturated heterocycles. The predicted octanol–water partition coefficient (Wildman–Crippen LogP) is 2.88. The summed E-state index contributed by atoms with van der Waals surface area (Å²) in [6.07, 6.45) is 2.61. The topological polar surface area (TPSA) is 29.5 Å². The van der Waals surface area contributed by atoms with Gasteiger partial charge < -0.3 is 9.84 Å². The molecule has 0 aliphatic heterocycles. The zero-order valence-corrected chi connectivity index (χ0v) is 9.76. The Morgan fingerprint density at radius 3 is 2.73 bits per heavy atom. The van der Waals surface area contributed by atoms with Crippen molar-refractivity contribution in [3.63, 3.8) is 0 Å². The fourth-order valence-electron chi connectivity index (χ4n) is 1.53. The normalized spacial score (nSPS) is 18.3. The maximum atomic E-state index is 12.8. The lowest BCUT2D eigenvalue weighted by Crippen LogP contribution is -2.42. The maximum Gasteiger partial charge on any atom is 0.133 e. The molecule has 0 heterocycles. The van der Waals surface area contributed by atoms with Crippen LogP contribution in [-0.4, -0.2) is 17.3 Å². The zero-order chi connectivity index (χ0) is 10.9. The Balaban J connectivity index is 1.98. The van der Waals surface area contributed by atoms with E-state index in [0.717, 1.165) is 19.3 Å². The highest BCUT2D eigenvalue weighted by atomic mass is 79.9. The van der Waals surface area contributed by atoms with Gasteiger partial charge in [-0.05, 0) is 53.4 Å². The number of aliphatic hydroxyl groups is 1. The average Bonchev–Trinajstić information content (AvgIpc) is 2.14. The molecule has 0 aromatic heterocycles. The van der Waals surface area contributed by atoms with Gasteiger partial charge in [-0.1, -0.05) is 0 Å². The number of hydrogen-bond donors (Lipinski definition) is 1. The van der Waals surface area contributed by atoms with Crippen molar-refractivity contribution in [2.75, 3.05) is 6.61 Å².